The molecule has 0 unspecified atom stereocenters. The third kappa shape index (κ3) is 3.60. The summed E-state index contributed by atoms with van der Waals surface area (Å²) < 4.78 is 0. The highest BCUT2D eigenvalue weighted by atomic mass is 32.2. The van der Waals surface area contributed by atoms with Gasteiger partial charge in [0.1, 0.15) is 6.33 Å². The largest absolute Gasteiger partial charge is 0.325 e. The van der Waals surface area contributed by atoms with Crippen molar-refractivity contribution in [1.82, 2.24) is 15.2 Å². The molecular formula is C20H16N4OS. The number of aromatic amines is 1. The van der Waals surface area contributed by atoms with Crippen LogP contribution in [0.15, 0.2) is 78.2 Å². The van der Waals surface area contributed by atoms with Gasteiger partial charge in [-0.2, -0.15) is 0 Å². The first kappa shape index (κ1) is 16.4. The Morgan fingerprint density at radius 2 is 1.81 bits per heavy atom. The number of hydrogen-bond donors (Lipinski definition) is 2. The highest BCUT2D eigenvalue weighted by Gasteiger charge is 2.07. The number of carbonyl (C=O) groups excluding carboxylic acids is 1. The molecule has 1 heterocycles. The summed E-state index contributed by atoms with van der Waals surface area (Å²) in [4.78, 5) is 14.9. The van der Waals surface area contributed by atoms with E-state index in [0.717, 1.165) is 11.3 Å². The van der Waals surface area contributed by atoms with Gasteiger partial charge in [-0.25, -0.2) is 0 Å². The molecular weight excluding hydrogens is 344 g/mol. The third-order valence-corrected chi connectivity index (χ3v) is 4.88. The maximum atomic E-state index is 12.0. The fraction of sp³-hybridized carbons (Fsp3) is 0.0500. The average Bonchev–Trinajstić information content (AvgIpc) is 3.20. The molecule has 0 saturated carbocycles. The zero-order chi connectivity index (χ0) is 17.8. The van der Waals surface area contributed by atoms with E-state index >= 15 is 0 Å². The van der Waals surface area contributed by atoms with Gasteiger partial charge in [0.25, 0.3) is 0 Å². The van der Waals surface area contributed by atoms with Crippen LogP contribution in [0.5, 0.6) is 0 Å². The van der Waals surface area contributed by atoms with Crippen LogP contribution in [-0.4, -0.2) is 26.8 Å². The lowest BCUT2D eigenvalue weighted by Crippen LogP contribution is -2.14. The predicted molar refractivity (Wildman–Crippen MR) is 105 cm³/mol. The maximum Gasteiger partial charge on any atom is 0.234 e. The van der Waals surface area contributed by atoms with Crippen LogP contribution >= 0.6 is 11.8 Å². The molecule has 0 bridgehead atoms. The van der Waals surface area contributed by atoms with Gasteiger partial charge in [0.15, 0.2) is 5.16 Å². The topological polar surface area (TPSA) is 70.7 Å². The summed E-state index contributed by atoms with van der Waals surface area (Å²) in [6.45, 7) is 0. The summed E-state index contributed by atoms with van der Waals surface area (Å²) in [6.07, 6.45) is 1.49. The number of anilines is 1. The molecule has 0 saturated heterocycles. The number of H-pyrrole nitrogens is 1. The van der Waals surface area contributed by atoms with Crippen molar-refractivity contribution in [2.24, 2.45) is 0 Å². The SMILES string of the molecule is O=C(CSc1nnc[nH]1)Nc1ccc(-c2cccc3ccccc23)cc1. The normalized spacial score (nSPS) is 10.8. The second-order valence-corrected chi connectivity index (χ2v) is 6.70. The lowest BCUT2D eigenvalue weighted by Gasteiger charge is -2.09. The Balaban J connectivity index is 1.47. The molecule has 128 valence electrons. The standard InChI is InChI=1S/C20H16N4OS/c25-19(12-26-20-21-13-22-24-20)23-16-10-8-15(9-11-16)18-7-3-5-14-4-1-2-6-17(14)18/h1-11,13H,12H2,(H,23,25)(H,21,22,24). The molecule has 0 atom stereocenters. The van der Waals surface area contributed by atoms with E-state index in [-0.39, 0.29) is 11.7 Å². The fourth-order valence-electron chi connectivity index (χ4n) is 2.81. The van der Waals surface area contributed by atoms with Gasteiger partial charge in [-0.1, -0.05) is 66.4 Å². The van der Waals surface area contributed by atoms with Crippen molar-refractivity contribution in [3.05, 3.63) is 73.1 Å². The van der Waals surface area contributed by atoms with Gasteiger partial charge in [0.2, 0.25) is 5.91 Å². The van der Waals surface area contributed by atoms with Crippen LogP contribution in [0.1, 0.15) is 0 Å². The summed E-state index contributed by atoms with van der Waals surface area (Å²) in [5.41, 5.74) is 3.08. The third-order valence-electron chi connectivity index (χ3n) is 4.00. The number of carbonyl (C=O) groups is 1. The quantitative estimate of drug-likeness (QED) is 0.519. The maximum absolute atomic E-state index is 12.0. The van der Waals surface area contributed by atoms with Crippen LogP contribution in [0.25, 0.3) is 21.9 Å². The molecule has 4 aromatic rings. The van der Waals surface area contributed by atoms with Crippen molar-refractivity contribution < 1.29 is 4.79 Å². The molecule has 26 heavy (non-hydrogen) atoms. The second-order valence-electron chi connectivity index (χ2n) is 5.73. The van der Waals surface area contributed by atoms with Crippen molar-refractivity contribution in [1.29, 1.82) is 0 Å². The van der Waals surface area contributed by atoms with Crippen LogP contribution in [0.2, 0.25) is 0 Å². The number of hydrogen-bond acceptors (Lipinski definition) is 4. The Labute approximate surface area is 154 Å². The molecule has 5 nitrogen and oxygen atoms in total. The number of fused-ring (bicyclic) bond motifs is 1. The van der Waals surface area contributed by atoms with E-state index in [1.54, 1.807) is 0 Å². The first-order chi connectivity index (χ1) is 12.8. The fourth-order valence-corrected chi connectivity index (χ4v) is 3.39. The smallest absolute Gasteiger partial charge is 0.234 e. The van der Waals surface area contributed by atoms with Gasteiger partial charge in [-0.3, -0.25) is 4.79 Å². The summed E-state index contributed by atoms with van der Waals surface area (Å²) >= 11 is 1.31. The van der Waals surface area contributed by atoms with E-state index in [1.807, 2.05) is 36.4 Å². The van der Waals surface area contributed by atoms with Gasteiger partial charge >= 0.3 is 0 Å². The highest BCUT2D eigenvalue weighted by molar-refractivity contribution is 7.99. The van der Waals surface area contributed by atoms with Crippen molar-refractivity contribution in [3.8, 4) is 11.1 Å². The Kier molecular flexibility index (Phi) is 4.66. The van der Waals surface area contributed by atoms with E-state index in [4.69, 9.17) is 0 Å². The van der Waals surface area contributed by atoms with Crippen LogP contribution in [0, 0.1) is 0 Å². The van der Waals surface area contributed by atoms with Crippen LogP contribution in [-0.2, 0) is 4.79 Å². The summed E-state index contributed by atoms with van der Waals surface area (Å²) in [5, 5.41) is 13.5. The minimum atomic E-state index is -0.0793. The number of aromatic nitrogens is 3. The van der Waals surface area contributed by atoms with Gasteiger partial charge in [-0.05, 0) is 34.0 Å². The van der Waals surface area contributed by atoms with E-state index in [0.29, 0.717) is 5.16 Å². The number of thioether (sulfide) groups is 1. The molecule has 0 aliphatic heterocycles. The zero-order valence-electron chi connectivity index (χ0n) is 13.8. The predicted octanol–water partition coefficient (Wildman–Crippen LogP) is 4.36. The summed E-state index contributed by atoms with van der Waals surface area (Å²) in [7, 11) is 0. The van der Waals surface area contributed by atoms with Gasteiger partial charge in [-0.15, -0.1) is 10.2 Å². The molecule has 0 aliphatic rings. The van der Waals surface area contributed by atoms with E-state index in [2.05, 4.69) is 50.8 Å². The van der Waals surface area contributed by atoms with Crippen molar-refractivity contribution >= 4 is 34.1 Å². The minimum absolute atomic E-state index is 0.0793. The average molecular weight is 360 g/mol. The van der Waals surface area contributed by atoms with E-state index in [9.17, 15) is 4.79 Å². The molecule has 1 aromatic heterocycles. The number of benzene rings is 3. The molecule has 6 heteroatoms. The first-order valence-corrected chi connectivity index (χ1v) is 9.15. The summed E-state index contributed by atoms with van der Waals surface area (Å²) in [5.74, 6) is 0.199. The Morgan fingerprint density at radius 3 is 2.62 bits per heavy atom. The van der Waals surface area contributed by atoms with Crippen molar-refractivity contribution in [2.45, 2.75) is 5.16 Å². The Bertz CT molecular complexity index is 1020. The molecule has 1 amide bonds. The van der Waals surface area contributed by atoms with Crippen molar-refractivity contribution in [2.75, 3.05) is 11.1 Å². The number of nitrogens with zero attached hydrogens (tertiary/aromatic N) is 2. The molecule has 4 rings (SSSR count). The molecule has 0 radical (unpaired) electrons. The number of amides is 1. The zero-order valence-corrected chi connectivity index (χ0v) is 14.7. The monoisotopic (exact) mass is 360 g/mol. The van der Waals surface area contributed by atoms with Crippen LogP contribution in [0.4, 0.5) is 5.69 Å². The lowest BCUT2D eigenvalue weighted by molar-refractivity contribution is -0.113. The van der Waals surface area contributed by atoms with E-state index < -0.39 is 0 Å². The lowest BCUT2D eigenvalue weighted by atomic mass is 9.98. The first-order valence-electron chi connectivity index (χ1n) is 8.16. The van der Waals surface area contributed by atoms with Crippen molar-refractivity contribution in [3.63, 3.8) is 0 Å². The van der Waals surface area contributed by atoms with Gasteiger partial charge in [0.05, 0.1) is 5.75 Å². The minimum Gasteiger partial charge on any atom is -0.325 e. The van der Waals surface area contributed by atoms with Gasteiger partial charge in [0, 0.05) is 5.69 Å². The molecule has 0 aliphatic carbocycles. The molecule has 3 aromatic carbocycles. The van der Waals surface area contributed by atoms with Gasteiger partial charge < -0.3 is 10.3 Å². The number of nitrogens with one attached hydrogen (secondary N) is 2. The molecule has 0 spiro atoms. The second kappa shape index (κ2) is 7.41. The Hall–Kier alpha value is -3.12. The summed E-state index contributed by atoms with van der Waals surface area (Å²) in [6, 6.07) is 22.5. The number of rotatable bonds is 5. The van der Waals surface area contributed by atoms with Crippen LogP contribution < -0.4 is 5.32 Å². The van der Waals surface area contributed by atoms with Crippen LogP contribution in [0.3, 0.4) is 0 Å². The van der Waals surface area contributed by atoms with E-state index in [1.165, 1.54) is 34.4 Å². The molecule has 2 N–H and O–H groups in total. The highest BCUT2D eigenvalue weighted by Crippen LogP contribution is 2.29. The molecule has 0 fully saturated rings. The Morgan fingerprint density at radius 1 is 1.00 bits per heavy atom.